The first-order valence-electron chi connectivity index (χ1n) is 8.30. The van der Waals surface area contributed by atoms with Gasteiger partial charge in [-0.1, -0.05) is 18.2 Å². The molecule has 1 aromatic carbocycles. The number of aromatic nitrogens is 2. The smallest absolute Gasteiger partial charge is 0.332 e. The molecule has 0 saturated carbocycles. The summed E-state index contributed by atoms with van der Waals surface area (Å²) in [5, 5.41) is 9.30. The Morgan fingerprint density at radius 2 is 2.04 bits per heavy atom. The monoisotopic (exact) mass is 375 g/mol. The first-order valence-corrected chi connectivity index (χ1v) is 8.30. The van der Waals surface area contributed by atoms with Crippen LogP contribution in [0.1, 0.15) is 24.0 Å². The number of nitriles is 1. The Bertz CT molecular complexity index is 944. The van der Waals surface area contributed by atoms with Crippen molar-refractivity contribution in [1.82, 2.24) is 9.13 Å². The van der Waals surface area contributed by atoms with Crippen molar-refractivity contribution in [3.63, 3.8) is 0 Å². The molecule has 1 atom stereocenters. The SMILES string of the molecule is Cl.Cn1c(=O)cc(N2CCC[C@H](N)C2)n(Cc2ccccc2C#N)c1=O. The molecule has 0 aliphatic carbocycles. The number of nitrogens with two attached hydrogens (primary N) is 1. The van der Waals surface area contributed by atoms with E-state index in [1.807, 2.05) is 17.0 Å². The normalized spacial score (nSPS) is 16.7. The third-order valence-electron chi connectivity index (χ3n) is 4.63. The van der Waals surface area contributed by atoms with Crippen LogP contribution in [0.25, 0.3) is 0 Å². The van der Waals surface area contributed by atoms with Crippen molar-refractivity contribution in [2.24, 2.45) is 12.8 Å². The predicted molar refractivity (Wildman–Crippen MR) is 103 cm³/mol. The maximum absolute atomic E-state index is 12.7. The van der Waals surface area contributed by atoms with Crippen LogP contribution in [0, 0.1) is 11.3 Å². The summed E-state index contributed by atoms with van der Waals surface area (Å²) < 4.78 is 2.64. The molecule has 0 amide bonds. The highest BCUT2D eigenvalue weighted by Crippen LogP contribution is 2.19. The summed E-state index contributed by atoms with van der Waals surface area (Å²) in [6.45, 7) is 1.59. The molecule has 26 heavy (non-hydrogen) atoms. The summed E-state index contributed by atoms with van der Waals surface area (Å²) in [5.74, 6) is 0.566. The third-order valence-corrected chi connectivity index (χ3v) is 4.63. The summed E-state index contributed by atoms with van der Waals surface area (Å²) >= 11 is 0. The van der Waals surface area contributed by atoms with Gasteiger partial charge in [0.25, 0.3) is 5.56 Å². The van der Waals surface area contributed by atoms with Crippen molar-refractivity contribution in [3.05, 3.63) is 62.3 Å². The fourth-order valence-corrected chi connectivity index (χ4v) is 3.22. The third kappa shape index (κ3) is 3.82. The Labute approximate surface area is 157 Å². The van der Waals surface area contributed by atoms with E-state index in [0.29, 0.717) is 17.9 Å². The van der Waals surface area contributed by atoms with Crippen LogP contribution in [-0.2, 0) is 13.6 Å². The number of nitrogens with zero attached hydrogens (tertiary/aromatic N) is 4. The molecule has 0 spiro atoms. The van der Waals surface area contributed by atoms with Gasteiger partial charge in [-0.05, 0) is 24.5 Å². The Kier molecular flexibility index (Phi) is 6.24. The average Bonchev–Trinajstić information content (AvgIpc) is 2.62. The van der Waals surface area contributed by atoms with E-state index in [9.17, 15) is 14.9 Å². The standard InChI is InChI=1S/C18H21N5O2.ClH/c1-21-17(24)9-16(22-8-4-7-15(20)12-22)23(18(21)25)11-14-6-3-2-5-13(14)10-19;/h2-3,5-6,9,15H,4,7-8,11-12,20H2,1H3;1H/t15-;/m0./s1. The van der Waals surface area contributed by atoms with Crippen molar-refractivity contribution >= 4 is 18.2 Å². The molecule has 0 bridgehead atoms. The van der Waals surface area contributed by atoms with Gasteiger partial charge in [0.1, 0.15) is 5.82 Å². The van der Waals surface area contributed by atoms with Crippen LogP contribution in [0.15, 0.2) is 39.9 Å². The number of halogens is 1. The van der Waals surface area contributed by atoms with Gasteiger partial charge in [0.05, 0.1) is 18.2 Å². The van der Waals surface area contributed by atoms with E-state index < -0.39 is 5.69 Å². The molecular formula is C18H22ClN5O2. The zero-order valence-electron chi connectivity index (χ0n) is 14.6. The molecule has 1 aliphatic heterocycles. The molecule has 2 aromatic rings. The van der Waals surface area contributed by atoms with Crippen LogP contribution in [0.2, 0.25) is 0 Å². The van der Waals surface area contributed by atoms with Gasteiger partial charge in [0.2, 0.25) is 0 Å². The van der Waals surface area contributed by atoms with Gasteiger partial charge in [0.15, 0.2) is 0 Å². The maximum Gasteiger partial charge on any atom is 0.332 e. The minimum atomic E-state index is -0.394. The number of piperidine rings is 1. The van der Waals surface area contributed by atoms with Crippen LogP contribution in [0.4, 0.5) is 5.82 Å². The number of hydrogen-bond acceptors (Lipinski definition) is 5. The first-order chi connectivity index (χ1) is 12.0. The lowest BCUT2D eigenvalue weighted by Gasteiger charge is -2.34. The van der Waals surface area contributed by atoms with Gasteiger partial charge in [-0.15, -0.1) is 12.4 Å². The molecule has 8 heteroatoms. The molecule has 2 heterocycles. The van der Waals surface area contributed by atoms with Crippen LogP contribution in [0.5, 0.6) is 0 Å². The zero-order valence-corrected chi connectivity index (χ0v) is 15.4. The van der Waals surface area contributed by atoms with Crippen molar-refractivity contribution in [3.8, 4) is 6.07 Å². The molecule has 1 aliphatic rings. The molecule has 7 nitrogen and oxygen atoms in total. The molecule has 3 rings (SSSR count). The van der Waals surface area contributed by atoms with E-state index in [4.69, 9.17) is 5.73 Å². The van der Waals surface area contributed by atoms with Crippen molar-refractivity contribution < 1.29 is 0 Å². The van der Waals surface area contributed by atoms with Crippen LogP contribution < -0.4 is 21.9 Å². The Hall–Kier alpha value is -2.56. The van der Waals surface area contributed by atoms with Crippen LogP contribution in [0.3, 0.4) is 0 Å². The number of benzene rings is 1. The minimum Gasteiger partial charge on any atom is -0.356 e. The largest absolute Gasteiger partial charge is 0.356 e. The molecule has 2 N–H and O–H groups in total. The summed E-state index contributed by atoms with van der Waals surface area (Å²) in [4.78, 5) is 26.9. The number of rotatable bonds is 3. The topological polar surface area (TPSA) is 97.1 Å². The second-order valence-corrected chi connectivity index (χ2v) is 6.39. The van der Waals surface area contributed by atoms with E-state index >= 15 is 0 Å². The lowest BCUT2D eigenvalue weighted by molar-refractivity contribution is 0.491. The fraction of sp³-hybridized carbons (Fsp3) is 0.389. The minimum absolute atomic E-state index is 0. The van der Waals surface area contributed by atoms with E-state index in [1.165, 1.54) is 13.1 Å². The predicted octanol–water partition coefficient (Wildman–Crippen LogP) is 0.816. The van der Waals surface area contributed by atoms with Gasteiger partial charge in [-0.25, -0.2) is 4.79 Å². The fourth-order valence-electron chi connectivity index (χ4n) is 3.22. The highest BCUT2D eigenvalue weighted by molar-refractivity contribution is 5.85. The summed E-state index contributed by atoms with van der Waals surface area (Å²) in [5.41, 5.74) is 6.59. The van der Waals surface area contributed by atoms with Gasteiger partial charge in [-0.3, -0.25) is 13.9 Å². The molecule has 1 saturated heterocycles. The lowest BCUT2D eigenvalue weighted by atomic mass is 10.1. The Morgan fingerprint density at radius 3 is 2.73 bits per heavy atom. The summed E-state index contributed by atoms with van der Waals surface area (Å²) in [6.07, 6.45) is 1.85. The zero-order chi connectivity index (χ0) is 18.0. The van der Waals surface area contributed by atoms with Crippen molar-refractivity contribution in [2.75, 3.05) is 18.0 Å². The Balaban J connectivity index is 0.00000243. The molecule has 138 valence electrons. The Morgan fingerprint density at radius 1 is 1.31 bits per heavy atom. The van der Waals surface area contributed by atoms with Crippen molar-refractivity contribution in [1.29, 1.82) is 5.26 Å². The highest BCUT2D eigenvalue weighted by atomic mass is 35.5. The molecule has 1 fully saturated rings. The first kappa shape index (κ1) is 19.8. The van der Waals surface area contributed by atoms with Crippen LogP contribution >= 0.6 is 12.4 Å². The maximum atomic E-state index is 12.7. The van der Waals surface area contributed by atoms with Gasteiger partial charge in [-0.2, -0.15) is 5.26 Å². The molecule has 0 radical (unpaired) electrons. The molecular weight excluding hydrogens is 354 g/mol. The van der Waals surface area contributed by atoms with E-state index in [-0.39, 0.29) is 30.6 Å². The van der Waals surface area contributed by atoms with Crippen molar-refractivity contribution in [2.45, 2.75) is 25.4 Å². The van der Waals surface area contributed by atoms with Gasteiger partial charge >= 0.3 is 5.69 Å². The number of anilines is 1. The lowest BCUT2D eigenvalue weighted by Crippen LogP contribution is -2.47. The van der Waals surface area contributed by atoms with E-state index in [0.717, 1.165) is 29.5 Å². The second kappa shape index (κ2) is 8.21. The average molecular weight is 376 g/mol. The summed E-state index contributed by atoms with van der Waals surface area (Å²) in [7, 11) is 1.46. The molecule has 0 unspecified atom stereocenters. The van der Waals surface area contributed by atoms with Gasteiger partial charge < -0.3 is 10.6 Å². The van der Waals surface area contributed by atoms with Crippen LogP contribution in [-0.4, -0.2) is 28.3 Å². The van der Waals surface area contributed by atoms with Gasteiger partial charge in [0, 0.05) is 32.2 Å². The number of hydrogen-bond donors (Lipinski definition) is 1. The van der Waals surface area contributed by atoms with E-state index in [2.05, 4.69) is 6.07 Å². The molecule has 1 aromatic heterocycles. The second-order valence-electron chi connectivity index (χ2n) is 6.39. The highest BCUT2D eigenvalue weighted by Gasteiger charge is 2.22. The van der Waals surface area contributed by atoms with E-state index in [1.54, 1.807) is 16.7 Å². The quantitative estimate of drug-likeness (QED) is 0.856. The summed E-state index contributed by atoms with van der Waals surface area (Å²) in [6, 6.07) is 10.8.